The van der Waals surface area contributed by atoms with E-state index in [1.807, 2.05) is 7.05 Å². The highest BCUT2D eigenvalue weighted by Gasteiger charge is 2.12. The van der Waals surface area contributed by atoms with Gasteiger partial charge in [0.2, 0.25) is 0 Å². The summed E-state index contributed by atoms with van der Waals surface area (Å²) in [6.45, 7) is 8.65. The monoisotopic (exact) mass is 220 g/mol. The van der Waals surface area contributed by atoms with Crippen molar-refractivity contribution in [2.75, 3.05) is 0 Å². The minimum Gasteiger partial charge on any atom is -0.330 e. The largest absolute Gasteiger partial charge is 0.330 e. The van der Waals surface area contributed by atoms with E-state index in [0.717, 1.165) is 4.77 Å². The molecule has 1 N–H and O–H groups in total. The second kappa shape index (κ2) is 3.20. The summed E-state index contributed by atoms with van der Waals surface area (Å²) in [4.78, 5) is 3.28. The summed E-state index contributed by atoms with van der Waals surface area (Å²) in [6, 6.07) is 0. The van der Waals surface area contributed by atoms with Crippen molar-refractivity contribution in [2.45, 2.75) is 27.7 Å². The Morgan fingerprint density at radius 1 is 0.933 bits per heavy atom. The number of rotatable bonds is 0. The number of hydrogen-bond acceptors (Lipinski definition) is 1. The summed E-state index contributed by atoms with van der Waals surface area (Å²) in [5, 5.41) is 0. The Kier molecular flexibility index (Phi) is 2.23. The lowest BCUT2D eigenvalue weighted by molar-refractivity contribution is 0.922. The van der Waals surface area contributed by atoms with Crippen molar-refractivity contribution in [3.05, 3.63) is 27.0 Å². The molecule has 0 bridgehead atoms. The Labute approximate surface area is 94.9 Å². The van der Waals surface area contributed by atoms with E-state index in [2.05, 4.69) is 37.2 Å². The van der Waals surface area contributed by atoms with Gasteiger partial charge in [-0.2, -0.15) is 0 Å². The first-order valence-corrected chi connectivity index (χ1v) is 5.51. The van der Waals surface area contributed by atoms with Gasteiger partial charge in [0.1, 0.15) is 0 Å². The Bertz CT molecular complexity index is 602. The van der Waals surface area contributed by atoms with Crippen LogP contribution in [0.5, 0.6) is 0 Å². The van der Waals surface area contributed by atoms with Crippen LogP contribution in [-0.4, -0.2) is 9.55 Å². The molecule has 0 spiro atoms. The fourth-order valence-corrected chi connectivity index (χ4v) is 2.35. The first-order valence-electron chi connectivity index (χ1n) is 5.10. The lowest BCUT2D eigenvalue weighted by atomic mass is 9.97. The third kappa shape index (κ3) is 1.26. The van der Waals surface area contributed by atoms with Crippen LogP contribution in [-0.2, 0) is 7.05 Å². The van der Waals surface area contributed by atoms with Gasteiger partial charge in [-0.15, -0.1) is 0 Å². The summed E-state index contributed by atoms with van der Waals surface area (Å²) < 4.78 is 2.85. The van der Waals surface area contributed by atoms with Gasteiger partial charge in [-0.05, 0) is 62.2 Å². The SMILES string of the molecule is Cc1c(C)c(C)c2c([nH]c(=S)n2C)c1C. The van der Waals surface area contributed by atoms with Gasteiger partial charge >= 0.3 is 0 Å². The van der Waals surface area contributed by atoms with E-state index < -0.39 is 0 Å². The number of aryl methyl sites for hydroxylation is 3. The van der Waals surface area contributed by atoms with Crippen LogP contribution in [0.1, 0.15) is 22.3 Å². The molecule has 2 nitrogen and oxygen atoms in total. The Morgan fingerprint density at radius 2 is 1.47 bits per heavy atom. The van der Waals surface area contributed by atoms with Crippen LogP contribution in [0.4, 0.5) is 0 Å². The number of hydrogen-bond donors (Lipinski definition) is 1. The summed E-state index contributed by atoms with van der Waals surface area (Å²) in [5.74, 6) is 0. The highest BCUT2D eigenvalue weighted by atomic mass is 32.1. The predicted molar refractivity (Wildman–Crippen MR) is 67.1 cm³/mol. The van der Waals surface area contributed by atoms with Gasteiger partial charge < -0.3 is 9.55 Å². The maximum atomic E-state index is 5.27. The number of aromatic nitrogens is 2. The number of nitrogens with zero attached hydrogens (tertiary/aromatic N) is 1. The van der Waals surface area contributed by atoms with Gasteiger partial charge in [0, 0.05) is 7.05 Å². The third-order valence-electron chi connectivity index (χ3n) is 3.53. The molecule has 0 fully saturated rings. The third-order valence-corrected chi connectivity index (χ3v) is 3.90. The first-order chi connectivity index (χ1) is 6.95. The molecule has 0 aliphatic heterocycles. The van der Waals surface area contributed by atoms with Crippen LogP contribution < -0.4 is 0 Å². The van der Waals surface area contributed by atoms with E-state index in [9.17, 15) is 0 Å². The molecule has 0 unspecified atom stereocenters. The fraction of sp³-hybridized carbons (Fsp3) is 0.417. The number of H-pyrrole nitrogens is 1. The fourth-order valence-electron chi connectivity index (χ4n) is 2.16. The number of aromatic amines is 1. The van der Waals surface area contributed by atoms with Crippen molar-refractivity contribution < 1.29 is 0 Å². The molecule has 1 heterocycles. The minimum atomic E-state index is 0.793. The first kappa shape index (κ1) is 10.4. The molecule has 0 radical (unpaired) electrons. The average molecular weight is 220 g/mol. The lowest BCUT2D eigenvalue weighted by Crippen LogP contribution is -1.96. The molecule has 0 aliphatic carbocycles. The zero-order valence-electron chi connectivity index (χ0n) is 9.86. The van der Waals surface area contributed by atoms with E-state index in [-0.39, 0.29) is 0 Å². The maximum Gasteiger partial charge on any atom is 0.177 e. The lowest BCUT2D eigenvalue weighted by Gasteiger charge is -2.11. The van der Waals surface area contributed by atoms with Gasteiger partial charge in [0.25, 0.3) is 0 Å². The zero-order valence-corrected chi connectivity index (χ0v) is 10.7. The Morgan fingerprint density at radius 3 is 2.07 bits per heavy atom. The molecule has 80 valence electrons. The van der Waals surface area contributed by atoms with Gasteiger partial charge in [-0.1, -0.05) is 0 Å². The minimum absolute atomic E-state index is 0.793. The molecular formula is C12H16N2S. The van der Waals surface area contributed by atoms with E-state index in [1.54, 1.807) is 0 Å². The maximum absolute atomic E-state index is 5.27. The predicted octanol–water partition coefficient (Wildman–Crippen LogP) is 3.47. The molecule has 0 atom stereocenters. The van der Waals surface area contributed by atoms with Crippen molar-refractivity contribution in [1.29, 1.82) is 0 Å². The van der Waals surface area contributed by atoms with E-state index in [0.29, 0.717) is 0 Å². The van der Waals surface area contributed by atoms with Crippen molar-refractivity contribution in [1.82, 2.24) is 9.55 Å². The summed E-state index contributed by atoms with van der Waals surface area (Å²) in [7, 11) is 2.02. The smallest absolute Gasteiger partial charge is 0.177 e. The van der Waals surface area contributed by atoms with Crippen LogP contribution in [0, 0.1) is 32.5 Å². The van der Waals surface area contributed by atoms with Crippen LogP contribution >= 0.6 is 12.2 Å². The molecule has 1 aromatic heterocycles. The molecule has 3 heteroatoms. The van der Waals surface area contributed by atoms with Crippen molar-refractivity contribution in [2.24, 2.45) is 7.05 Å². The topological polar surface area (TPSA) is 20.7 Å². The molecule has 2 rings (SSSR count). The second-order valence-corrected chi connectivity index (χ2v) is 4.60. The van der Waals surface area contributed by atoms with Crippen molar-refractivity contribution in [3.8, 4) is 0 Å². The molecular weight excluding hydrogens is 204 g/mol. The summed E-state index contributed by atoms with van der Waals surface area (Å²) >= 11 is 5.27. The van der Waals surface area contributed by atoms with Gasteiger partial charge in [-0.25, -0.2) is 0 Å². The summed E-state index contributed by atoms with van der Waals surface area (Å²) in [6.07, 6.45) is 0. The molecule has 15 heavy (non-hydrogen) atoms. The van der Waals surface area contributed by atoms with E-state index >= 15 is 0 Å². The standard InChI is InChI=1S/C12H16N2S/c1-6-7(2)9(4)11-10(8(6)3)13-12(15)14(11)5/h1-5H3,(H,13,15). The van der Waals surface area contributed by atoms with Crippen molar-refractivity contribution >= 4 is 23.3 Å². The molecule has 2 aromatic rings. The van der Waals surface area contributed by atoms with Crippen LogP contribution in [0.3, 0.4) is 0 Å². The molecule has 1 aromatic carbocycles. The molecule has 0 aliphatic rings. The number of benzene rings is 1. The zero-order chi connectivity index (χ0) is 11.3. The number of imidazole rings is 1. The second-order valence-electron chi connectivity index (χ2n) is 4.21. The summed E-state index contributed by atoms with van der Waals surface area (Å²) in [5.41, 5.74) is 7.77. The Balaban J connectivity index is 3.14. The normalized spacial score (nSPS) is 11.3. The van der Waals surface area contributed by atoms with Crippen LogP contribution in [0.15, 0.2) is 0 Å². The van der Waals surface area contributed by atoms with Crippen LogP contribution in [0.25, 0.3) is 11.0 Å². The molecule has 0 saturated heterocycles. The van der Waals surface area contributed by atoms with Gasteiger partial charge in [-0.3, -0.25) is 0 Å². The highest BCUT2D eigenvalue weighted by molar-refractivity contribution is 7.71. The van der Waals surface area contributed by atoms with Crippen molar-refractivity contribution in [3.63, 3.8) is 0 Å². The van der Waals surface area contributed by atoms with Gasteiger partial charge in [0.05, 0.1) is 11.0 Å². The number of fused-ring (bicyclic) bond motifs is 1. The quantitative estimate of drug-likeness (QED) is 0.674. The highest BCUT2D eigenvalue weighted by Crippen LogP contribution is 2.27. The molecule has 0 amide bonds. The van der Waals surface area contributed by atoms with Crippen LogP contribution in [0.2, 0.25) is 0 Å². The van der Waals surface area contributed by atoms with Gasteiger partial charge in [0.15, 0.2) is 4.77 Å². The van der Waals surface area contributed by atoms with E-state index in [4.69, 9.17) is 12.2 Å². The number of nitrogens with one attached hydrogen (secondary N) is 1. The molecule has 0 saturated carbocycles. The average Bonchev–Trinajstić information content (AvgIpc) is 2.50. The van der Waals surface area contributed by atoms with E-state index in [1.165, 1.54) is 33.3 Å². The Hall–Kier alpha value is -1.09.